The number of fused-ring (bicyclic) bond motifs is 3. The number of rotatable bonds is 5. The van der Waals surface area contributed by atoms with Gasteiger partial charge in [-0.25, -0.2) is 4.57 Å². The summed E-state index contributed by atoms with van der Waals surface area (Å²) in [6, 6.07) is 15.3. The lowest BCUT2D eigenvalue weighted by molar-refractivity contribution is 0.296. The van der Waals surface area contributed by atoms with Crippen LogP contribution in [0.25, 0.3) is 22.4 Å². The van der Waals surface area contributed by atoms with Crippen molar-refractivity contribution in [3.05, 3.63) is 64.4 Å². The smallest absolute Gasteiger partial charge is 0.267 e. The maximum atomic E-state index is 13.1. The number of thioether (sulfide) groups is 1. The van der Waals surface area contributed by atoms with Gasteiger partial charge < -0.3 is 5.11 Å². The van der Waals surface area contributed by atoms with Crippen LogP contribution in [0.5, 0.6) is 0 Å². The summed E-state index contributed by atoms with van der Waals surface area (Å²) in [4.78, 5) is 13.1. The van der Waals surface area contributed by atoms with E-state index in [0.717, 1.165) is 22.5 Å². The maximum absolute atomic E-state index is 13.1. The fourth-order valence-electron chi connectivity index (χ4n) is 2.93. The third-order valence-electron chi connectivity index (χ3n) is 4.22. The second-order valence-corrected chi connectivity index (χ2v) is 7.10. The van der Waals surface area contributed by atoms with Crippen molar-refractivity contribution < 1.29 is 5.11 Å². The number of aromatic nitrogens is 4. The van der Waals surface area contributed by atoms with Gasteiger partial charge in [0.25, 0.3) is 5.56 Å². The maximum Gasteiger partial charge on any atom is 0.267 e. The molecule has 0 aliphatic carbocycles. The first-order chi connectivity index (χ1) is 12.7. The van der Waals surface area contributed by atoms with Gasteiger partial charge >= 0.3 is 0 Å². The number of hydrogen-bond donors (Lipinski definition) is 1. The van der Waals surface area contributed by atoms with Crippen molar-refractivity contribution in [1.82, 2.24) is 19.2 Å². The summed E-state index contributed by atoms with van der Waals surface area (Å²) in [6.45, 7) is 2.15. The largest absolute Gasteiger partial charge is 0.396 e. The molecule has 0 saturated heterocycles. The topological polar surface area (TPSA) is 72.4 Å². The number of benzene rings is 2. The van der Waals surface area contributed by atoms with Gasteiger partial charge in [0.15, 0.2) is 5.16 Å². The third kappa shape index (κ3) is 2.79. The Morgan fingerprint density at radius 2 is 1.85 bits per heavy atom. The minimum atomic E-state index is -0.115. The van der Waals surface area contributed by atoms with Crippen LogP contribution in [0, 0.1) is 6.92 Å². The standard InChI is InChI=1S/C19H18N4O2S/c1-13-7-9-14(10-8-13)22-17(25)15-5-2-3-6-16(15)23-18(22)20-21-19(23)26-12-4-11-24/h2-3,5-10,24H,4,11-12H2,1H3. The summed E-state index contributed by atoms with van der Waals surface area (Å²) in [5, 5.41) is 19.0. The number of aliphatic hydroxyl groups is 1. The van der Waals surface area contributed by atoms with E-state index in [1.54, 1.807) is 4.57 Å². The predicted molar refractivity (Wildman–Crippen MR) is 103 cm³/mol. The molecule has 2 heterocycles. The first-order valence-electron chi connectivity index (χ1n) is 8.40. The molecular weight excluding hydrogens is 348 g/mol. The fourth-order valence-corrected chi connectivity index (χ4v) is 3.79. The molecule has 0 fully saturated rings. The SMILES string of the molecule is Cc1ccc(-n2c(=O)c3ccccc3n3c(SCCCO)nnc23)cc1. The molecule has 0 aliphatic heterocycles. The molecule has 0 saturated carbocycles. The molecule has 0 unspecified atom stereocenters. The second kappa shape index (κ2) is 6.93. The lowest BCUT2D eigenvalue weighted by Gasteiger charge is -2.11. The normalized spacial score (nSPS) is 11.5. The van der Waals surface area contributed by atoms with Crippen LogP contribution < -0.4 is 5.56 Å². The van der Waals surface area contributed by atoms with Crippen molar-refractivity contribution >= 4 is 28.4 Å². The van der Waals surface area contributed by atoms with Crippen molar-refractivity contribution in [3.63, 3.8) is 0 Å². The monoisotopic (exact) mass is 366 g/mol. The lowest BCUT2D eigenvalue weighted by atomic mass is 10.2. The van der Waals surface area contributed by atoms with E-state index in [0.29, 0.717) is 22.7 Å². The Kier molecular flexibility index (Phi) is 4.48. The Bertz CT molecular complexity index is 1130. The van der Waals surface area contributed by atoms with Crippen LogP contribution in [0.3, 0.4) is 0 Å². The number of aliphatic hydroxyl groups excluding tert-OH is 1. The molecule has 4 rings (SSSR count). The van der Waals surface area contributed by atoms with E-state index in [2.05, 4.69) is 10.2 Å². The molecule has 0 atom stereocenters. The van der Waals surface area contributed by atoms with Gasteiger partial charge in [-0.15, -0.1) is 10.2 Å². The number of nitrogens with zero attached hydrogens (tertiary/aromatic N) is 4. The molecule has 2 aromatic carbocycles. The van der Waals surface area contributed by atoms with Gasteiger partial charge in [-0.2, -0.15) is 0 Å². The minimum Gasteiger partial charge on any atom is -0.396 e. The van der Waals surface area contributed by atoms with Gasteiger partial charge in [0.05, 0.1) is 16.6 Å². The fraction of sp³-hybridized carbons (Fsp3) is 0.211. The highest BCUT2D eigenvalue weighted by Gasteiger charge is 2.17. The first kappa shape index (κ1) is 16.8. The average Bonchev–Trinajstić information content (AvgIpc) is 3.07. The van der Waals surface area contributed by atoms with Crippen LogP contribution in [-0.4, -0.2) is 36.6 Å². The minimum absolute atomic E-state index is 0.115. The lowest BCUT2D eigenvalue weighted by Crippen LogP contribution is -2.21. The Balaban J connectivity index is 2.03. The molecule has 1 N–H and O–H groups in total. The Morgan fingerprint density at radius 3 is 2.62 bits per heavy atom. The van der Waals surface area contributed by atoms with Gasteiger partial charge in [0, 0.05) is 12.4 Å². The highest BCUT2D eigenvalue weighted by atomic mass is 32.2. The molecular formula is C19H18N4O2S. The summed E-state index contributed by atoms with van der Waals surface area (Å²) < 4.78 is 3.52. The molecule has 0 bridgehead atoms. The van der Waals surface area contributed by atoms with Crippen molar-refractivity contribution in [2.75, 3.05) is 12.4 Å². The predicted octanol–water partition coefficient (Wildman–Crippen LogP) is 2.82. The van der Waals surface area contributed by atoms with E-state index >= 15 is 0 Å². The van der Waals surface area contributed by atoms with E-state index in [9.17, 15) is 4.79 Å². The summed E-state index contributed by atoms with van der Waals surface area (Å²) >= 11 is 1.52. The van der Waals surface area contributed by atoms with Crippen LogP contribution >= 0.6 is 11.8 Å². The Morgan fingerprint density at radius 1 is 1.08 bits per heavy atom. The summed E-state index contributed by atoms with van der Waals surface area (Å²) in [7, 11) is 0. The van der Waals surface area contributed by atoms with Crippen LogP contribution in [0.2, 0.25) is 0 Å². The van der Waals surface area contributed by atoms with Crippen molar-refractivity contribution in [2.45, 2.75) is 18.5 Å². The average molecular weight is 366 g/mol. The van der Waals surface area contributed by atoms with Crippen LogP contribution in [0.4, 0.5) is 0 Å². The zero-order chi connectivity index (χ0) is 18.1. The van der Waals surface area contributed by atoms with Crippen LogP contribution in [-0.2, 0) is 0 Å². The number of aryl methyl sites for hydroxylation is 1. The molecule has 2 aromatic heterocycles. The van der Waals surface area contributed by atoms with E-state index in [4.69, 9.17) is 5.11 Å². The number of para-hydroxylation sites is 1. The Hall–Kier alpha value is -2.64. The van der Waals surface area contributed by atoms with Crippen molar-refractivity contribution in [1.29, 1.82) is 0 Å². The quantitative estimate of drug-likeness (QED) is 0.434. The molecule has 0 aliphatic rings. The van der Waals surface area contributed by atoms with E-state index in [1.807, 2.05) is 59.9 Å². The third-order valence-corrected chi connectivity index (χ3v) is 5.24. The van der Waals surface area contributed by atoms with E-state index in [-0.39, 0.29) is 12.2 Å². The van der Waals surface area contributed by atoms with Gasteiger partial charge in [-0.3, -0.25) is 9.20 Å². The Labute approximate surface area is 154 Å². The molecule has 0 amide bonds. The molecule has 0 spiro atoms. The molecule has 26 heavy (non-hydrogen) atoms. The van der Waals surface area contributed by atoms with E-state index < -0.39 is 0 Å². The van der Waals surface area contributed by atoms with E-state index in [1.165, 1.54) is 11.8 Å². The zero-order valence-corrected chi connectivity index (χ0v) is 15.1. The molecule has 132 valence electrons. The molecule has 0 radical (unpaired) electrons. The zero-order valence-electron chi connectivity index (χ0n) is 14.3. The summed E-state index contributed by atoms with van der Waals surface area (Å²) in [5.74, 6) is 1.22. The summed E-state index contributed by atoms with van der Waals surface area (Å²) in [6.07, 6.45) is 0.676. The van der Waals surface area contributed by atoms with Crippen LogP contribution in [0.15, 0.2) is 58.5 Å². The highest BCUT2D eigenvalue weighted by Crippen LogP contribution is 2.23. The van der Waals surface area contributed by atoms with Crippen molar-refractivity contribution in [3.8, 4) is 5.69 Å². The van der Waals surface area contributed by atoms with Gasteiger partial charge in [-0.05, 0) is 37.6 Å². The van der Waals surface area contributed by atoms with Crippen molar-refractivity contribution in [2.24, 2.45) is 0 Å². The van der Waals surface area contributed by atoms with Gasteiger partial charge in [0.2, 0.25) is 5.78 Å². The second-order valence-electron chi connectivity index (χ2n) is 6.04. The highest BCUT2D eigenvalue weighted by molar-refractivity contribution is 7.99. The van der Waals surface area contributed by atoms with Gasteiger partial charge in [-0.1, -0.05) is 41.6 Å². The molecule has 6 nitrogen and oxygen atoms in total. The molecule has 4 aromatic rings. The first-order valence-corrected chi connectivity index (χ1v) is 9.39. The molecule has 7 heteroatoms. The number of hydrogen-bond acceptors (Lipinski definition) is 5. The summed E-state index contributed by atoms with van der Waals surface area (Å²) in [5.41, 5.74) is 2.56. The van der Waals surface area contributed by atoms with Crippen LogP contribution in [0.1, 0.15) is 12.0 Å². The van der Waals surface area contributed by atoms with Gasteiger partial charge in [0.1, 0.15) is 0 Å².